The van der Waals surface area contributed by atoms with Crippen molar-refractivity contribution in [3.05, 3.63) is 18.2 Å². The molecule has 1 aromatic carbocycles. The lowest BCUT2D eigenvalue weighted by Gasteiger charge is -2.37. The van der Waals surface area contributed by atoms with E-state index in [1.165, 1.54) is 0 Å². The van der Waals surface area contributed by atoms with E-state index in [9.17, 15) is 4.79 Å². The first-order valence-electron chi connectivity index (χ1n) is 6.59. The smallest absolute Gasteiger partial charge is 0.242 e. The van der Waals surface area contributed by atoms with E-state index in [1.807, 2.05) is 18.2 Å². The van der Waals surface area contributed by atoms with Gasteiger partial charge >= 0.3 is 0 Å². The normalized spacial score (nSPS) is 19.1. The summed E-state index contributed by atoms with van der Waals surface area (Å²) in [6.45, 7) is 0.843. The van der Waals surface area contributed by atoms with E-state index in [2.05, 4.69) is 10.2 Å². The Kier molecular flexibility index (Phi) is 4.14. The number of amides is 1. The number of nitrogens with one attached hydrogen (secondary N) is 1. The summed E-state index contributed by atoms with van der Waals surface area (Å²) in [7, 11) is 3.30. The van der Waals surface area contributed by atoms with Crippen LogP contribution in [0.15, 0.2) is 18.2 Å². The summed E-state index contributed by atoms with van der Waals surface area (Å²) in [5.41, 5.74) is 7.61. The second-order valence-corrected chi connectivity index (χ2v) is 4.74. The number of hydrogen-bond donors (Lipinski definition) is 2. The van der Waals surface area contributed by atoms with Gasteiger partial charge in [-0.3, -0.25) is 4.79 Å². The molecule has 1 unspecified atom stereocenters. The molecule has 1 amide bonds. The Morgan fingerprint density at radius 3 is 2.95 bits per heavy atom. The molecule has 19 heavy (non-hydrogen) atoms. The van der Waals surface area contributed by atoms with Crippen molar-refractivity contribution < 1.29 is 9.53 Å². The van der Waals surface area contributed by atoms with Crippen molar-refractivity contribution >= 4 is 17.3 Å². The molecular weight excluding hydrogens is 242 g/mol. The lowest BCUT2D eigenvalue weighted by Crippen LogP contribution is -2.49. The zero-order chi connectivity index (χ0) is 13.8. The number of carbonyl (C=O) groups excluding carboxylic acids is 1. The van der Waals surface area contributed by atoms with E-state index in [4.69, 9.17) is 10.5 Å². The minimum atomic E-state index is -0.145. The van der Waals surface area contributed by atoms with Gasteiger partial charge in [0.1, 0.15) is 11.8 Å². The SMILES string of the molecule is CNC(=O)C1CCCCN1c1cc(OC)ccc1N. The third-order valence-electron chi connectivity index (χ3n) is 3.60. The highest BCUT2D eigenvalue weighted by atomic mass is 16.5. The van der Waals surface area contributed by atoms with Crippen molar-refractivity contribution in [1.29, 1.82) is 0 Å². The second-order valence-electron chi connectivity index (χ2n) is 4.74. The number of hydrogen-bond acceptors (Lipinski definition) is 4. The van der Waals surface area contributed by atoms with Gasteiger partial charge in [-0.15, -0.1) is 0 Å². The average molecular weight is 263 g/mol. The molecule has 5 nitrogen and oxygen atoms in total. The summed E-state index contributed by atoms with van der Waals surface area (Å²) >= 11 is 0. The fourth-order valence-electron chi connectivity index (χ4n) is 2.56. The van der Waals surface area contributed by atoms with Crippen LogP contribution in [0.3, 0.4) is 0 Å². The molecule has 1 aliphatic rings. The molecule has 1 heterocycles. The summed E-state index contributed by atoms with van der Waals surface area (Å²) < 4.78 is 5.24. The molecule has 0 radical (unpaired) electrons. The van der Waals surface area contributed by atoms with Crippen LogP contribution in [-0.2, 0) is 4.79 Å². The van der Waals surface area contributed by atoms with E-state index in [0.717, 1.165) is 37.2 Å². The van der Waals surface area contributed by atoms with Crippen LogP contribution >= 0.6 is 0 Å². The van der Waals surface area contributed by atoms with E-state index in [1.54, 1.807) is 14.2 Å². The van der Waals surface area contributed by atoms with E-state index < -0.39 is 0 Å². The molecule has 1 aliphatic heterocycles. The van der Waals surface area contributed by atoms with E-state index in [-0.39, 0.29) is 11.9 Å². The zero-order valence-electron chi connectivity index (χ0n) is 11.5. The van der Waals surface area contributed by atoms with Crippen LogP contribution in [0.25, 0.3) is 0 Å². The summed E-state index contributed by atoms with van der Waals surface area (Å²) in [6.07, 6.45) is 3.00. The monoisotopic (exact) mass is 263 g/mol. The first kappa shape index (κ1) is 13.5. The predicted molar refractivity (Wildman–Crippen MR) is 76.5 cm³/mol. The van der Waals surface area contributed by atoms with Crippen molar-refractivity contribution in [1.82, 2.24) is 5.32 Å². The number of piperidine rings is 1. The Morgan fingerprint density at radius 1 is 1.47 bits per heavy atom. The van der Waals surface area contributed by atoms with Crippen molar-refractivity contribution in [2.24, 2.45) is 0 Å². The number of benzene rings is 1. The first-order valence-corrected chi connectivity index (χ1v) is 6.59. The molecule has 0 bridgehead atoms. The fraction of sp³-hybridized carbons (Fsp3) is 0.500. The van der Waals surface area contributed by atoms with Crippen LogP contribution in [0, 0.1) is 0 Å². The molecule has 0 spiro atoms. The Bertz CT molecular complexity index is 462. The van der Waals surface area contributed by atoms with Crippen LogP contribution in [0.4, 0.5) is 11.4 Å². The number of methoxy groups -OCH3 is 1. The van der Waals surface area contributed by atoms with E-state index >= 15 is 0 Å². The minimum absolute atomic E-state index is 0.0434. The standard InChI is InChI=1S/C14H21N3O2/c1-16-14(18)12-5-3-4-8-17(12)13-9-10(19-2)6-7-11(13)15/h6-7,9,12H,3-5,8,15H2,1-2H3,(H,16,18). The van der Waals surface area contributed by atoms with Gasteiger partial charge in [-0.2, -0.15) is 0 Å². The maximum absolute atomic E-state index is 12.0. The first-order chi connectivity index (χ1) is 9.17. The largest absolute Gasteiger partial charge is 0.497 e. The zero-order valence-corrected chi connectivity index (χ0v) is 11.5. The number of nitrogens with two attached hydrogens (primary N) is 1. The van der Waals surface area contributed by atoms with Crippen LogP contribution in [0.5, 0.6) is 5.75 Å². The maximum atomic E-state index is 12.0. The predicted octanol–water partition coefficient (Wildman–Crippen LogP) is 1.38. The average Bonchev–Trinajstić information content (AvgIpc) is 2.47. The van der Waals surface area contributed by atoms with Gasteiger partial charge in [0, 0.05) is 19.7 Å². The number of ether oxygens (including phenoxy) is 1. The molecule has 104 valence electrons. The van der Waals surface area contributed by atoms with Crippen molar-refractivity contribution in [2.75, 3.05) is 31.3 Å². The third-order valence-corrected chi connectivity index (χ3v) is 3.60. The quantitative estimate of drug-likeness (QED) is 0.809. The number of anilines is 2. The highest BCUT2D eigenvalue weighted by Gasteiger charge is 2.29. The summed E-state index contributed by atoms with van der Waals surface area (Å²) in [4.78, 5) is 14.1. The molecule has 5 heteroatoms. The maximum Gasteiger partial charge on any atom is 0.242 e. The molecule has 2 rings (SSSR count). The van der Waals surface area contributed by atoms with Gasteiger partial charge in [-0.1, -0.05) is 0 Å². The summed E-state index contributed by atoms with van der Waals surface area (Å²) in [6, 6.07) is 5.41. The van der Waals surface area contributed by atoms with Crippen LogP contribution in [0.1, 0.15) is 19.3 Å². The van der Waals surface area contributed by atoms with Gasteiger partial charge in [-0.25, -0.2) is 0 Å². The number of nitrogen functional groups attached to an aromatic ring is 1. The number of carbonyl (C=O) groups is 1. The second kappa shape index (κ2) is 5.82. The highest BCUT2D eigenvalue weighted by molar-refractivity contribution is 5.87. The molecule has 1 atom stereocenters. The summed E-state index contributed by atoms with van der Waals surface area (Å²) in [5, 5.41) is 2.73. The Hall–Kier alpha value is -1.91. The van der Waals surface area contributed by atoms with Gasteiger partial charge in [-0.05, 0) is 31.4 Å². The number of nitrogens with zero attached hydrogens (tertiary/aromatic N) is 1. The lowest BCUT2D eigenvalue weighted by molar-refractivity contribution is -0.122. The van der Waals surface area contributed by atoms with Gasteiger partial charge < -0.3 is 20.7 Å². The van der Waals surface area contributed by atoms with Crippen LogP contribution in [0.2, 0.25) is 0 Å². The molecule has 1 saturated heterocycles. The minimum Gasteiger partial charge on any atom is -0.497 e. The molecule has 0 aromatic heterocycles. The Morgan fingerprint density at radius 2 is 2.26 bits per heavy atom. The van der Waals surface area contributed by atoms with Gasteiger partial charge in [0.15, 0.2) is 0 Å². The molecule has 1 fully saturated rings. The van der Waals surface area contributed by atoms with Gasteiger partial charge in [0.05, 0.1) is 18.5 Å². The van der Waals surface area contributed by atoms with Crippen LogP contribution < -0.4 is 20.7 Å². The number of rotatable bonds is 3. The molecule has 1 aromatic rings. The van der Waals surface area contributed by atoms with Gasteiger partial charge in [0.2, 0.25) is 5.91 Å². The van der Waals surface area contributed by atoms with Gasteiger partial charge in [0.25, 0.3) is 0 Å². The fourth-order valence-corrected chi connectivity index (χ4v) is 2.56. The molecular formula is C14H21N3O2. The highest BCUT2D eigenvalue weighted by Crippen LogP contribution is 2.32. The molecule has 3 N–H and O–H groups in total. The number of likely N-dealkylation sites (N-methyl/N-ethyl adjacent to an activating group) is 1. The Balaban J connectivity index is 2.34. The topological polar surface area (TPSA) is 67.6 Å². The van der Waals surface area contributed by atoms with E-state index in [0.29, 0.717) is 5.69 Å². The van der Waals surface area contributed by atoms with Crippen molar-refractivity contribution in [3.63, 3.8) is 0 Å². The lowest BCUT2D eigenvalue weighted by atomic mass is 10.00. The van der Waals surface area contributed by atoms with Crippen molar-refractivity contribution in [2.45, 2.75) is 25.3 Å². The third kappa shape index (κ3) is 2.75. The van der Waals surface area contributed by atoms with Crippen molar-refractivity contribution in [3.8, 4) is 5.75 Å². The summed E-state index contributed by atoms with van der Waals surface area (Å²) in [5.74, 6) is 0.798. The van der Waals surface area contributed by atoms with Crippen LogP contribution in [-0.4, -0.2) is 32.7 Å². The molecule has 0 saturated carbocycles. The molecule has 0 aliphatic carbocycles. The Labute approximate surface area is 113 Å².